The third-order valence-electron chi connectivity index (χ3n) is 2.32. The summed E-state index contributed by atoms with van der Waals surface area (Å²) >= 11 is 0. The predicted octanol–water partition coefficient (Wildman–Crippen LogP) is 0.111. The normalized spacial score (nSPS) is 29.0. The largest absolute Gasteiger partial charge is 0.308 e. The second-order valence-corrected chi connectivity index (χ2v) is 4.89. The lowest BCUT2D eigenvalue weighted by Gasteiger charge is -2.22. The molecule has 0 saturated carbocycles. The molecule has 0 aliphatic carbocycles. The van der Waals surface area contributed by atoms with E-state index < -0.39 is 10.8 Å². The molecule has 1 aliphatic rings. The van der Waals surface area contributed by atoms with Crippen LogP contribution in [0, 0.1) is 6.92 Å². The summed E-state index contributed by atoms with van der Waals surface area (Å²) in [5.41, 5.74) is 2.21. The van der Waals surface area contributed by atoms with Crippen LogP contribution in [0.1, 0.15) is 17.3 Å². The third kappa shape index (κ3) is 1.81. The predicted molar refractivity (Wildman–Crippen MR) is 51.9 cm³/mol. The Labute approximate surface area is 79.6 Å². The van der Waals surface area contributed by atoms with Crippen LogP contribution in [0.25, 0.3) is 0 Å². The summed E-state index contributed by atoms with van der Waals surface area (Å²) in [6.07, 6.45) is 1.82. The van der Waals surface area contributed by atoms with Crippen LogP contribution < -0.4 is 5.32 Å². The molecular weight excluding hydrogens is 186 g/mol. The van der Waals surface area contributed by atoms with E-state index in [9.17, 15) is 4.21 Å². The lowest BCUT2D eigenvalue weighted by atomic mass is 10.1. The van der Waals surface area contributed by atoms with Gasteiger partial charge in [-0.1, -0.05) is 0 Å². The van der Waals surface area contributed by atoms with Crippen molar-refractivity contribution in [2.24, 2.45) is 0 Å². The van der Waals surface area contributed by atoms with Gasteiger partial charge in [0.05, 0.1) is 6.20 Å². The maximum Gasteiger partial charge on any atom is 0.0538 e. The second-order valence-electron chi connectivity index (χ2n) is 3.27. The maximum absolute atomic E-state index is 11.3. The summed E-state index contributed by atoms with van der Waals surface area (Å²) in [4.78, 5) is 0. The van der Waals surface area contributed by atoms with E-state index in [1.165, 1.54) is 0 Å². The zero-order valence-electron chi connectivity index (χ0n) is 7.54. The zero-order valence-corrected chi connectivity index (χ0v) is 8.36. The molecule has 5 heteroatoms. The first kappa shape index (κ1) is 8.90. The van der Waals surface area contributed by atoms with Crippen molar-refractivity contribution in [1.29, 1.82) is 0 Å². The van der Waals surface area contributed by atoms with Crippen LogP contribution in [-0.2, 0) is 10.8 Å². The van der Waals surface area contributed by atoms with Crippen LogP contribution in [0.5, 0.6) is 0 Å². The van der Waals surface area contributed by atoms with E-state index in [-0.39, 0.29) is 6.04 Å². The van der Waals surface area contributed by atoms with Gasteiger partial charge in [-0.3, -0.25) is 9.31 Å². The van der Waals surface area contributed by atoms with Crippen molar-refractivity contribution in [3.8, 4) is 0 Å². The first-order chi connectivity index (χ1) is 6.27. The Kier molecular flexibility index (Phi) is 2.46. The number of rotatable bonds is 1. The molecule has 2 N–H and O–H groups in total. The number of aromatic nitrogens is 2. The Morgan fingerprint density at radius 1 is 1.69 bits per heavy atom. The first-order valence-corrected chi connectivity index (χ1v) is 5.84. The summed E-state index contributed by atoms with van der Waals surface area (Å²) in [6, 6.07) is 0.216. The van der Waals surface area contributed by atoms with Gasteiger partial charge in [-0.05, 0) is 6.92 Å². The van der Waals surface area contributed by atoms with Crippen LogP contribution >= 0.6 is 0 Å². The number of aromatic amines is 1. The highest BCUT2D eigenvalue weighted by molar-refractivity contribution is 7.85. The van der Waals surface area contributed by atoms with Crippen molar-refractivity contribution >= 4 is 10.8 Å². The molecule has 1 aromatic heterocycles. The summed E-state index contributed by atoms with van der Waals surface area (Å²) in [7, 11) is -0.667. The van der Waals surface area contributed by atoms with Crippen molar-refractivity contribution in [2.75, 3.05) is 18.1 Å². The monoisotopic (exact) mass is 199 g/mol. The van der Waals surface area contributed by atoms with Gasteiger partial charge in [-0.2, -0.15) is 5.10 Å². The number of aryl methyl sites for hydroxylation is 1. The van der Waals surface area contributed by atoms with Crippen LogP contribution in [0.4, 0.5) is 0 Å². The van der Waals surface area contributed by atoms with E-state index in [0.717, 1.165) is 23.6 Å². The molecule has 0 amide bonds. The van der Waals surface area contributed by atoms with Gasteiger partial charge in [-0.15, -0.1) is 0 Å². The highest BCUT2D eigenvalue weighted by atomic mass is 32.2. The zero-order chi connectivity index (χ0) is 9.26. The number of nitrogens with zero attached hydrogens (tertiary/aromatic N) is 1. The standard InChI is InChI=1S/C8H13N3OS/c1-6-7(4-10-11-6)8-5-13(12)3-2-9-8/h4,8-9H,2-3,5H2,1H3,(H,10,11). The fourth-order valence-electron chi connectivity index (χ4n) is 1.59. The number of H-pyrrole nitrogens is 1. The van der Waals surface area contributed by atoms with Crippen LogP contribution in [0.2, 0.25) is 0 Å². The summed E-state index contributed by atoms with van der Waals surface area (Å²) in [6.45, 7) is 2.82. The molecule has 72 valence electrons. The van der Waals surface area contributed by atoms with Crippen LogP contribution in [0.15, 0.2) is 6.20 Å². The third-order valence-corrected chi connectivity index (χ3v) is 3.68. The fraction of sp³-hybridized carbons (Fsp3) is 0.625. The van der Waals surface area contributed by atoms with Gasteiger partial charge in [0.2, 0.25) is 0 Å². The molecule has 2 unspecified atom stereocenters. The van der Waals surface area contributed by atoms with Crippen molar-refractivity contribution in [3.63, 3.8) is 0 Å². The van der Waals surface area contributed by atoms with Gasteiger partial charge in [0.25, 0.3) is 0 Å². The van der Waals surface area contributed by atoms with Gasteiger partial charge in [0.1, 0.15) is 0 Å². The molecule has 4 nitrogen and oxygen atoms in total. The topological polar surface area (TPSA) is 57.8 Å². The first-order valence-electron chi connectivity index (χ1n) is 4.35. The number of nitrogens with one attached hydrogen (secondary N) is 2. The molecule has 13 heavy (non-hydrogen) atoms. The average molecular weight is 199 g/mol. The molecule has 0 aromatic carbocycles. The highest BCUT2D eigenvalue weighted by Crippen LogP contribution is 2.18. The van der Waals surface area contributed by atoms with Gasteiger partial charge < -0.3 is 5.32 Å². The van der Waals surface area contributed by atoms with Crippen LogP contribution in [0.3, 0.4) is 0 Å². The minimum Gasteiger partial charge on any atom is -0.308 e. The smallest absolute Gasteiger partial charge is 0.0538 e. The maximum atomic E-state index is 11.3. The van der Waals surface area contributed by atoms with E-state index in [0.29, 0.717) is 5.75 Å². The molecule has 2 rings (SSSR count). The van der Waals surface area contributed by atoms with Crippen LogP contribution in [-0.4, -0.2) is 32.5 Å². The van der Waals surface area contributed by atoms with E-state index in [1.807, 2.05) is 13.1 Å². The average Bonchev–Trinajstić information content (AvgIpc) is 2.51. The van der Waals surface area contributed by atoms with Crippen molar-refractivity contribution in [3.05, 3.63) is 17.5 Å². The van der Waals surface area contributed by atoms with Crippen molar-refractivity contribution in [1.82, 2.24) is 15.5 Å². The number of hydrogen-bond donors (Lipinski definition) is 2. The van der Waals surface area contributed by atoms with Crippen molar-refractivity contribution < 1.29 is 4.21 Å². The van der Waals surface area contributed by atoms with E-state index in [2.05, 4.69) is 15.5 Å². The molecule has 2 atom stereocenters. The molecule has 0 radical (unpaired) electrons. The summed E-state index contributed by atoms with van der Waals surface area (Å²) < 4.78 is 11.3. The minimum absolute atomic E-state index is 0.216. The van der Waals surface area contributed by atoms with Gasteiger partial charge in [-0.25, -0.2) is 0 Å². The second kappa shape index (κ2) is 3.59. The van der Waals surface area contributed by atoms with Gasteiger partial charge in [0.15, 0.2) is 0 Å². The fourth-order valence-corrected chi connectivity index (χ4v) is 2.77. The van der Waals surface area contributed by atoms with Gasteiger partial charge >= 0.3 is 0 Å². The van der Waals surface area contributed by atoms with Crippen molar-refractivity contribution in [2.45, 2.75) is 13.0 Å². The lowest BCUT2D eigenvalue weighted by molar-refractivity contribution is 0.570. The Morgan fingerprint density at radius 2 is 2.54 bits per heavy atom. The Bertz CT molecular complexity index is 323. The van der Waals surface area contributed by atoms with E-state index in [4.69, 9.17) is 0 Å². The Balaban J connectivity index is 2.17. The molecule has 2 heterocycles. The molecule has 1 aliphatic heterocycles. The Morgan fingerprint density at radius 3 is 3.15 bits per heavy atom. The molecule has 1 aromatic rings. The Hall–Kier alpha value is -0.680. The quantitative estimate of drug-likeness (QED) is 0.675. The molecular formula is C8H13N3OS. The SMILES string of the molecule is Cc1[nH]ncc1C1CS(=O)CCN1. The van der Waals surface area contributed by atoms with E-state index in [1.54, 1.807) is 0 Å². The molecule has 1 fully saturated rings. The van der Waals surface area contributed by atoms with Gasteiger partial charge in [0, 0.05) is 46.1 Å². The molecule has 0 bridgehead atoms. The van der Waals surface area contributed by atoms with E-state index >= 15 is 0 Å². The highest BCUT2D eigenvalue weighted by Gasteiger charge is 2.21. The molecule has 1 saturated heterocycles. The molecule has 0 spiro atoms. The number of hydrogen-bond acceptors (Lipinski definition) is 3. The summed E-state index contributed by atoms with van der Waals surface area (Å²) in [5.74, 6) is 1.48. The summed E-state index contributed by atoms with van der Waals surface area (Å²) in [5, 5.41) is 10.2. The lowest BCUT2D eigenvalue weighted by Crippen LogP contribution is -2.36. The minimum atomic E-state index is -0.667.